The standard InChI is InChI=1S/C13H9ClN2O4/c14-9-4-15-13(18)16(5-9)6-10(17)8-1-2-11-12(3-8)20-7-19-11/h1-5H,6-7H2. The van der Waals surface area contributed by atoms with Gasteiger partial charge < -0.3 is 9.47 Å². The van der Waals surface area contributed by atoms with E-state index in [-0.39, 0.29) is 19.1 Å². The van der Waals surface area contributed by atoms with Crippen LogP contribution in [0.2, 0.25) is 5.02 Å². The van der Waals surface area contributed by atoms with Crippen molar-refractivity contribution >= 4 is 17.4 Å². The quantitative estimate of drug-likeness (QED) is 0.802. The SMILES string of the molecule is O=C(Cn1cc(Cl)cnc1=O)c1ccc2c(c1)OCO2. The molecule has 0 spiro atoms. The first-order valence-electron chi connectivity index (χ1n) is 5.78. The lowest BCUT2D eigenvalue weighted by Gasteiger charge is -2.05. The Hall–Kier alpha value is -2.34. The van der Waals surface area contributed by atoms with Gasteiger partial charge in [-0.15, -0.1) is 0 Å². The molecule has 0 aliphatic carbocycles. The fraction of sp³-hybridized carbons (Fsp3) is 0.154. The second kappa shape index (κ2) is 4.97. The molecular weight excluding hydrogens is 284 g/mol. The van der Waals surface area contributed by atoms with E-state index in [0.717, 1.165) is 4.57 Å². The van der Waals surface area contributed by atoms with Crippen molar-refractivity contribution < 1.29 is 14.3 Å². The second-order valence-corrected chi connectivity index (χ2v) is 4.61. The molecule has 0 atom stereocenters. The third-order valence-corrected chi connectivity index (χ3v) is 3.03. The fourth-order valence-electron chi connectivity index (χ4n) is 1.86. The summed E-state index contributed by atoms with van der Waals surface area (Å²) in [5.41, 5.74) is -0.0929. The van der Waals surface area contributed by atoms with Gasteiger partial charge >= 0.3 is 5.69 Å². The van der Waals surface area contributed by atoms with Gasteiger partial charge in [-0.05, 0) is 18.2 Å². The van der Waals surface area contributed by atoms with E-state index in [1.807, 2.05) is 0 Å². The molecule has 1 aromatic heterocycles. The summed E-state index contributed by atoms with van der Waals surface area (Å²) in [7, 11) is 0. The zero-order valence-electron chi connectivity index (χ0n) is 10.2. The van der Waals surface area contributed by atoms with E-state index in [2.05, 4.69) is 4.98 Å². The predicted molar refractivity (Wildman–Crippen MR) is 70.4 cm³/mol. The lowest BCUT2D eigenvalue weighted by atomic mass is 10.1. The van der Waals surface area contributed by atoms with E-state index in [1.54, 1.807) is 18.2 Å². The van der Waals surface area contributed by atoms with Gasteiger partial charge in [0.2, 0.25) is 6.79 Å². The minimum absolute atomic E-state index is 0.133. The minimum atomic E-state index is -0.525. The van der Waals surface area contributed by atoms with Crippen LogP contribution in [-0.4, -0.2) is 22.1 Å². The first-order valence-corrected chi connectivity index (χ1v) is 6.16. The Balaban J connectivity index is 1.86. The number of carbonyl (C=O) groups is 1. The van der Waals surface area contributed by atoms with Crippen LogP contribution in [0.1, 0.15) is 10.4 Å². The molecule has 0 N–H and O–H groups in total. The number of nitrogens with zero attached hydrogens (tertiary/aromatic N) is 2. The second-order valence-electron chi connectivity index (χ2n) is 4.17. The smallest absolute Gasteiger partial charge is 0.348 e. The number of hydrogen-bond donors (Lipinski definition) is 0. The van der Waals surface area contributed by atoms with Crippen molar-refractivity contribution in [1.29, 1.82) is 0 Å². The normalized spacial score (nSPS) is 12.4. The van der Waals surface area contributed by atoms with Crippen molar-refractivity contribution in [3.8, 4) is 11.5 Å². The molecule has 2 heterocycles. The Morgan fingerprint density at radius 1 is 1.35 bits per heavy atom. The maximum atomic E-state index is 12.2. The number of hydrogen-bond acceptors (Lipinski definition) is 5. The molecule has 102 valence electrons. The molecule has 0 saturated carbocycles. The van der Waals surface area contributed by atoms with Crippen LogP contribution in [0.5, 0.6) is 11.5 Å². The molecule has 0 fully saturated rings. The Labute approximate surface area is 118 Å². The van der Waals surface area contributed by atoms with Gasteiger partial charge in [0.25, 0.3) is 0 Å². The number of fused-ring (bicyclic) bond motifs is 1. The number of ether oxygens (including phenoxy) is 2. The molecule has 6 nitrogen and oxygen atoms in total. The molecule has 2 aromatic rings. The molecule has 1 aliphatic heterocycles. The Kier molecular flexibility index (Phi) is 3.15. The summed E-state index contributed by atoms with van der Waals surface area (Å²) >= 11 is 5.75. The Morgan fingerprint density at radius 3 is 3.00 bits per heavy atom. The number of ketones is 1. The maximum Gasteiger partial charge on any atom is 0.348 e. The van der Waals surface area contributed by atoms with Gasteiger partial charge in [-0.3, -0.25) is 9.36 Å². The van der Waals surface area contributed by atoms with Crippen LogP contribution >= 0.6 is 11.6 Å². The average Bonchev–Trinajstić information content (AvgIpc) is 2.90. The largest absolute Gasteiger partial charge is 0.454 e. The van der Waals surface area contributed by atoms with Gasteiger partial charge in [0, 0.05) is 11.8 Å². The molecule has 0 unspecified atom stereocenters. The lowest BCUT2D eigenvalue weighted by molar-refractivity contribution is 0.0970. The van der Waals surface area contributed by atoms with E-state index in [9.17, 15) is 9.59 Å². The van der Waals surface area contributed by atoms with Crippen LogP contribution in [0.25, 0.3) is 0 Å². The molecule has 20 heavy (non-hydrogen) atoms. The van der Waals surface area contributed by atoms with Crippen LogP contribution < -0.4 is 15.2 Å². The van der Waals surface area contributed by atoms with Crippen molar-refractivity contribution in [3.05, 3.63) is 51.7 Å². The third-order valence-electron chi connectivity index (χ3n) is 2.83. The molecule has 1 aliphatic rings. The van der Waals surface area contributed by atoms with Crippen LogP contribution in [0.3, 0.4) is 0 Å². The van der Waals surface area contributed by atoms with Gasteiger partial charge in [-0.1, -0.05) is 11.6 Å². The maximum absolute atomic E-state index is 12.2. The van der Waals surface area contributed by atoms with Crippen molar-refractivity contribution in [1.82, 2.24) is 9.55 Å². The number of rotatable bonds is 3. The van der Waals surface area contributed by atoms with E-state index in [4.69, 9.17) is 21.1 Å². The number of halogens is 1. The summed E-state index contributed by atoms with van der Waals surface area (Å²) in [5.74, 6) is 0.880. The van der Waals surface area contributed by atoms with Crippen LogP contribution in [-0.2, 0) is 6.54 Å². The predicted octanol–water partition coefficient (Wildman–Crippen LogP) is 1.51. The molecule has 0 bridgehead atoms. The van der Waals surface area contributed by atoms with Crippen molar-refractivity contribution in [2.75, 3.05) is 6.79 Å². The Bertz CT molecular complexity index is 741. The van der Waals surface area contributed by atoms with E-state index < -0.39 is 5.69 Å². The summed E-state index contributed by atoms with van der Waals surface area (Å²) in [5, 5.41) is 0.295. The van der Waals surface area contributed by atoms with Crippen molar-refractivity contribution in [3.63, 3.8) is 0 Å². The molecule has 1 aromatic carbocycles. The van der Waals surface area contributed by atoms with E-state index in [1.165, 1.54) is 12.4 Å². The van der Waals surface area contributed by atoms with Crippen LogP contribution in [0.4, 0.5) is 0 Å². The van der Waals surface area contributed by atoms with Crippen LogP contribution in [0.15, 0.2) is 35.4 Å². The van der Waals surface area contributed by atoms with Gasteiger partial charge in [-0.2, -0.15) is 0 Å². The van der Waals surface area contributed by atoms with Gasteiger partial charge in [0.05, 0.1) is 17.8 Å². The fourth-order valence-corrected chi connectivity index (χ4v) is 2.02. The van der Waals surface area contributed by atoms with Crippen LogP contribution in [0, 0.1) is 0 Å². The highest BCUT2D eigenvalue weighted by Gasteiger charge is 2.16. The molecular formula is C13H9ClN2O4. The summed E-state index contributed by atoms with van der Waals surface area (Å²) in [4.78, 5) is 27.2. The number of Topliss-reactive ketones (excluding diaryl/α,β-unsaturated/α-hetero) is 1. The van der Waals surface area contributed by atoms with E-state index >= 15 is 0 Å². The zero-order valence-corrected chi connectivity index (χ0v) is 11.0. The molecule has 7 heteroatoms. The number of benzene rings is 1. The minimum Gasteiger partial charge on any atom is -0.454 e. The van der Waals surface area contributed by atoms with Crippen molar-refractivity contribution in [2.45, 2.75) is 6.54 Å². The third kappa shape index (κ3) is 2.37. The molecule has 0 saturated heterocycles. The molecule has 0 amide bonds. The first-order chi connectivity index (χ1) is 9.63. The van der Waals surface area contributed by atoms with Gasteiger partial charge in [0.1, 0.15) is 0 Å². The zero-order chi connectivity index (χ0) is 14.1. The highest BCUT2D eigenvalue weighted by molar-refractivity contribution is 6.30. The van der Waals surface area contributed by atoms with Gasteiger partial charge in [-0.25, -0.2) is 9.78 Å². The van der Waals surface area contributed by atoms with Gasteiger partial charge in [0.15, 0.2) is 17.3 Å². The Morgan fingerprint density at radius 2 is 2.15 bits per heavy atom. The number of aromatic nitrogens is 2. The summed E-state index contributed by atoms with van der Waals surface area (Å²) in [6.07, 6.45) is 2.62. The van der Waals surface area contributed by atoms with Crippen molar-refractivity contribution in [2.24, 2.45) is 0 Å². The molecule has 3 rings (SSSR count). The average molecular weight is 293 g/mol. The highest BCUT2D eigenvalue weighted by Crippen LogP contribution is 2.32. The van der Waals surface area contributed by atoms with E-state index in [0.29, 0.717) is 22.1 Å². The topological polar surface area (TPSA) is 70.4 Å². The summed E-state index contributed by atoms with van der Waals surface area (Å²) in [6, 6.07) is 4.88. The first kappa shape index (κ1) is 12.7. The monoisotopic (exact) mass is 292 g/mol. The molecule has 0 radical (unpaired) electrons. The number of carbonyl (C=O) groups excluding carboxylic acids is 1. The summed E-state index contributed by atoms with van der Waals surface area (Å²) in [6.45, 7) is 0.0106. The lowest BCUT2D eigenvalue weighted by Crippen LogP contribution is -2.25. The highest BCUT2D eigenvalue weighted by atomic mass is 35.5. The summed E-state index contributed by atoms with van der Waals surface area (Å²) < 4.78 is 11.5.